The Morgan fingerprint density at radius 2 is 1.55 bits per heavy atom. The number of carbonyl (C=O) groups is 1. The number of carboxylic acids is 1. The molecule has 3 N–H and O–H groups in total. The average molecular weight is 383 g/mol. The second-order valence-electron chi connectivity index (χ2n) is 6.98. The largest absolute Gasteiger partial charge is 0.507 e. The van der Waals surface area contributed by atoms with Gasteiger partial charge in [0, 0.05) is 13.1 Å². The van der Waals surface area contributed by atoms with E-state index in [0.29, 0.717) is 6.54 Å². The Morgan fingerprint density at radius 3 is 2.34 bits per heavy atom. The number of aromatic hydroxyl groups is 1. The van der Waals surface area contributed by atoms with E-state index in [2.05, 4.69) is 29.6 Å². The lowest BCUT2D eigenvalue weighted by Crippen LogP contribution is -2.13. The minimum absolute atomic E-state index is 0.0839. The molecule has 0 aliphatic carbocycles. The minimum atomic E-state index is -1.13. The first-order chi connectivity index (χ1) is 14.1. The summed E-state index contributed by atoms with van der Waals surface area (Å²) in [6.45, 7) is 1.38. The molecule has 0 unspecified atom stereocenters. The lowest BCUT2D eigenvalue weighted by atomic mass is 9.99. The molecule has 144 valence electrons. The summed E-state index contributed by atoms with van der Waals surface area (Å²) >= 11 is 0. The Morgan fingerprint density at radius 1 is 0.793 bits per heavy atom. The van der Waals surface area contributed by atoms with Crippen LogP contribution in [0.1, 0.15) is 21.5 Å². The molecule has 0 heterocycles. The van der Waals surface area contributed by atoms with Gasteiger partial charge in [-0.3, -0.25) is 0 Å². The predicted molar refractivity (Wildman–Crippen MR) is 115 cm³/mol. The molecule has 4 heteroatoms. The summed E-state index contributed by atoms with van der Waals surface area (Å²) in [6.07, 6.45) is 0. The van der Waals surface area contributed by atoms with Crippen LogP contribution in [0.3, 0.4) is 0 Å². The van der Waals surface area contributed by atoms with Gasteiger partial charge in [0.05, 0.1) is 0 Å². The minimum Gasteiger partial charge on any atom is -0.507 e. The third kappa shape index (κ3) is 4.13. The Labute approximate surface area is 169 Å². The van der Waals surface area contributed by atoms with E-state index in [4.69, 9.17) is 0 Å². The highest BCUT2D eigenvalue weighted by Crippen LogP contribution is 2.26. The van der Waals surface area contributed by atoms with E-state index in [-0.39, 0.29) is 11.3 Å². The van der Waals surface area contributed by atoms with E-state index >= 15 is 0 Å². The van der Waals surface area contributed by atoms with Crippen molar-refractivity contribution in [3.8, 4) is 16.9 Å². The molecule has 0 aliphatic rings. The van der Waals surface area contributed by atoms with Crippen LogP contribution in [-0.2, 0) is 13.1 Å². The first kappa shape index (κ1) is 18.7. The highest BCUT2D eigenvalue weighted by Gasteiger charge is 2.11. The fraction of sp³-hybridized carbons (Fsp3) is 0.0800. The molecule has 4 rings (SSSR count). The molecule has 4 nitrogen and oxygen atoms in total. The van der Waals surface area contributed by atoms with Crippen molar-refractivity contribution < 1.29 is 15.0 Å². The van der Waals surface area contributed by atoms with Gasteiger partial charge in [0.2, 0.25) is 0 Å². The Balaban J connectivity index is 1.51. The van der Waals surface area contributed by atoms with Crippen molar-refractivity contribution in [2.75, 3.05) is 0 Å². The molecule has 0 saturated carbocycles. The monoisotopic (exact) mass is 383 g/mol. The standard InChI is InChI=1S/C25H21NO3/c27-24-14-19-11-10-17(12-21(19)13-23(24)25(28)29)15-26-16-20-8-4-5-9-22(20)18-6-2-1-3-7-18/h1-14,26-27H,15-16H2,(H,28,29). The van der Waals surface area contributed by atoms with Crippen LogP contribution in [0.5, 0.6) is 5.75 Å². The Hall–Kier alpha value is -3.63. The van der Waals surface area contributed by atoms with Crippen molar-refractivity contribution in [1.29, 1.82) is 0 Å². The zero-order valence-corrected chi connectivity index (χ0v) is 15.8. The van der Waals surface area contributed by atoms with Gasteiger partial charge in [0.25, 0.3) is 0 Å². The van der Waals surface area contributed by atoms with Crippen molar-refractivity contribution in [2.45, 2.75) is 13.1 Å². The van der Waals surface area contributed by atoms with Crippen molar-refractivity contribution in [3.05, 3.63) is 102 Å². The van der Waals surface area contributed by atoms with Gasteiger partial charge < -0.3 is 15.5 Å². The number of benzene rings is 4. The van der Waals surface area contributed by atoms with Crippen LogP contribution in [0, 0.1) is 0 Å². The third-order valence-electron chi connectivity index (χ3n) is 5.00. The molecule has 0 bridgehead atoms. The Bertz CT molecular complexity index is 1170. The topological polar surface area (TPSA) is 69.6 Å². The average Bonchev–Trinajstić information content (AvgIpc) is 2.74. The second-order valence-corrected chi connectivity index (χ2v) is 6.98. The first-order valence-electron chi connectivity index (χ1n) is 9.45. The van der Waals surface area contributed by atoms with E-state index < -0.39 is 5.97 Å². The number of nitrogens with one attached hydrogen (secondary N) is 1. The molecule has 0 fully saturated rings. The molecular weight excluding hydrogens is 362 g/mol. The second kappa shape index (κ2) is 8.17. The molecule has 0 saturated heterocycles. The summed E-state index contributed by atoms with van der Waals surface area (Å²) in [5.41, 5.74) is 4.59. The molecule has 0 spiro atoms. The van der Waals surface area contributed by atoms with E-state index in [1.165, 1.54) is 28.8 Å². The van der Waals surface area contributed by atoms with Crippen molar-refractivity contribution in [3.63, 3.8) is 0 Å². The Kier molecular flexibility index (Phi) is 5.27. The van der Waals surface area contributed by atoms with Gasteiger partial charge in [-0.2, -0.15) is 0 Å². The van der Waals surface area contributed by atoms with Gasteiger partial charge in [-0.25, -0.2) is 4.79 Å². The van der Waals surface area contributed by atoms with Crippen LogP contribution in [-0.4, -0.2) is 16.2 Å². The SMILES string of the molecule is O=C(O)c1cc2cc(CNCc3ccccc3-c3ccccc3)ccc2cc1O. The van der Waals surface area contributed by atoms with Crippen LogP contribution < -0.4 is 5.32 Å². The van der Waals surface area contributed by atoms with Gasteiger partial charge in [-0.15, -0.1) is 0 Å². The molecular formula is C25H21NO3. The lowest BCUT2D eigenvalue weighted by Gasteiger charge is -2.12. The number of fused-ring (bicyclic) bond motifs is 1. The van der Waals surface area contributed by atoms with Crippen LogP contribution in [0.25, 0.3) is 21.9 Å². The molecule has 0 aliphatic heterocycles. The van der Waals surface area contributed by atoms with Crippen LogP contribution >= 0.6 is 0 Å². The predicted octanol–water partition coefficient (Wildman–Crippen LogP) is 5.20. The van der Waals surface area contributed by atoms with Crippen molar-refractivity contribution >= 4 is 16.7 Å². The summed E-state index contributed by atoms with van der Waals surface area (Å²) in [6, 6.07) is 27.5. The molecule has 0 aromatic heterocycles. The van der Waals surface area contributed by atoms with E-state index in [1.54, 1.807) is 0 Å². The first-order valence-corrected chi connectivity index (χ1v) is 9.45. The quantitative estimate of drug-likeness (QED) is 0.428. The van der Waals surface area contributed by atoms with Crippen molar-refractivity contribution in [2.24, 2.45) is 0 Å². The molecule has 0 radical (unpaired) electrons. The third-order valence-corrected chi connectivity index (χ3v) is 5.00. The number of aromatic carboxylic acids is 1. The molecule has 4 aromatic carbocycles. The van der Waals surface area contributed by atoms with E-state index in [0.717, 1.165) is 22.9 Å². The van der Waals surface area contributed by atoms with Gasteiger partial charge in [0.1, 0.15) is 11.3 Å². The summed E-state index contributed by atoms with van der Waals surface area (Å²) in [4.78, 5) is 11.3. The smallest absolute Gasteiger partial charge is 0.339 e. The zero-order chi connectivity index (χ0) is 20.2. The maximum absolute atomic E-state index is 11.3. The highest BCUT2D eigenvalue weighted by molar-refractivity contribution is 5.97. The lowest BCUT2D eigenvalue weighted by molar-refractivity contribution is 0.0694. The summed E-state index contributed by atoms with van der Waals surface area (Å²) in [7, 11) is 0. The van der Waals surface area contributed by atoms with E-state index in [1.807, 2.05) is 48.5 Å². The number of hydrogen-bond donors (Lipinski definition) is 3. The van der Waals surface area contributed by atoms with Gasteiger partial charge >= 0.3 is 5.97 Å². The van der Waals surface area contributed by atoms with Gasteiger partial charge in [-0.05, 0) is 51.2 Å². The summed E-state index contributed by atoms with van der Waals surface area (Å²) in [5, 5.41) is 24.1. The van der Waals surface area contributed by atoms with Crippen molar-refractivity contribution in [1.82, 2.24) is 5.32 Å². The summed E-state index contributed by atoms with van der Waals surface area (Å²) in [5.74, 6) is -1.35. The number of rotatable bonds is 6. The number of phenols is 1. The maximum atomic E-state index is 11.3. The van der Waals surface area contributed by atoms with Gasteiger partial charge in [-0.1, -0.05) is 66.7 Å². The number of hydrogen-bond acceptors (Lipinski definition) is 3. The zero-order valence-electron chi connectivity index (χ0n) is 15.8. The van der Waals surface area contributed by atoms with Crippen LogP contribution in [0.4, 0.5) is 0 Å². The normalized spacial score (nSPS) is 10.9. The van der Waals surface area contributed by atoms with E-state index in [9.17, 15) is 15.0 Å². The number of carboxylic acid groups (broad SMARTS) is 1. The molecule has 0 amide bonds. The maximum Gasteiger partial charge on any atom is 0.339 e. The molecule has 29 heavy (non-hydrogen) atoms. The fourth-order valence-electron chi connectivity index (χ4n) is 3.53. The van der Waals surface area contributed by atoms with Crippen LogP contribution in [0.15, 0.2) is 84.9 Å². The molecule has 0 atom stereocenters. The van der Waals surface area contributed by atoms with Crippen LogP contribution in [0.2, 0.25) is 0 Å². The summed E-state index contributed by atoms with van der Waals surface area (Å²) < 4.78 is 0. The van der Waals surface area contributed by atoms with Gasteiger partial charge in [0.15, 0.2) is 0 Å². The highest BCUT2D eigenvalue weighted by atomic mass is 16.4. The fourth-order valence-corrected chi connectivity index (χ4v) is 3.53. The molecule has 4 aromatic rings.